The van der Waals surface area contributed by atoms with Crippen LogP contribution in [0.2, 0.25) is 0 Å². The lowest BCUT2D eigenvalue weighted by molar-refractivity contribution is 0.0597. The van der Waals surface area contributed by atoms with Crippen LogP contribution in [0.5, 0.6) is 23.5 Å². The van der Waals surface area contributed by atoms with Gasteiger partial charge >= 0.3 is 12.0 Å². The van der Waals surface area contributed by atoms with Gasteiger partial charge in [-0.1, -0.05) is 35.5 Å². The number of methoxy groups -OCH3 is 3. The molecule has 0 saturated carbocycles. The molecule has 0 aliphatic rings. The average Bonchev–Trinajstić information content (AvgIpc) is 2.72. The van der Waals surface area contributed by atoms with Crippen LogP contribution in [-0.2, 0) is 9.57 Å². The fourth-order valence-corrected chi connectivity index (χ4v) is 2.26. The Labute approximate surface area is 172 Å². The van der Waals surface area contributed by atoms with Gasteiger partial charge < -0.3 is 23.8 Å². The third-order valence-electron chi connectivity index (χ3n) is 3.51. The average molecular weight is 422 g/mol. The molecule has 0 N–H and O–H groups in total. The molecular formula is C19H20ClN3O6. The summed E-state index contributed by atoms with van der Waals surface area (Å²) in [6.07, 6.45) is 0. The number of nitrogens with zero attached hydrogens (tertiary/aromatic N) is 3. The van der Waals surface area contributed by atoms with E-state index in [0.717, 1.165) is 0 Å². The number of oxime groups is 1. The van der Waals surface area contributed by atoms with E-state index in [1.807, 2.05) is 0 Å². The van der Waals surface area contributed by atoms with E-state index in [0.29, 0.717) is 11.3 Å². The lowest BCUT2D eigenvalue weighted by Gasteiger charge is -2.13. The van der Waals surface area contributed by atoms with Gasteiger partial charge in [0.1, 0.15) is 11.3 Å². The Morgan fingerprint density at radius 3 is 2.38 bits per heavy atom. The van der Waals surface area contributed by atoms with E-state index in [1.165, 1.54) is 27.4 Å². The molecule has 0 radical (unpaired) electrons. The van der Waals surface area contributed by atoms with Crippen molar-refractivity contribution in [2.24, 2.45) is 5.16 Å². The summed E-state index contributed by atoms with van der Waals surface area (Å²) in [6.45, 7) is 5.20. The minimum Gasteiger partial charge on any atom is -0.481 e. The molecular weight excluding hydrogens is 402 g/mol. The van der Waals surface area contributed by atoms with Crippen molar-refractivity contribution in [1.29, 1.82) is 0 Å². The molecule has 0 atom stereocenters. The van der Waals surface area contributed by atoms with Gasteiger partial charge in [0.25, 0.3) is 0 Å². The lowest BCUT2D eigenvalue weighted by Crippen LogP contribution is -2.12. The number of aromatic nitrogens is 2. The van der Waals surface area contributed by atoms with Gasteiger partial charge in [-0.15, -0.1) is 0 Å². The number of hydrogen-bond acceptors (Lipinski definition) is 9. The van der Waals surface area contributed by atoms with Gasteiger partial charge in [0.15, 0.2) is 6.61 Å². The number of hydrogen-bond donors (Lipinski definition) is 0. The zero-order valence-corrected chi connectivity index (χ0v) is 17.1. The molecule has 29 heavy (non-hydrogen) atoms. The second-order valence-electron chi connectivity index (χ2n) is 5.47. The largest absolute Gasteiger partial charge is 0.481 e. The summed E-state index contributed by atoms with van der Waals surface area (Å²) in [5, 5.41) is 4.24. The summed E-state index contributed by atoms with van der Waals surface area (Å²) >= 11 is 5.66. The predicted octanol–water partition coefficient (Wildman–Crippen LogP) is 3.57. The second-order valence-corrected chi connectivity index (χ2v) is 6.01. The maximum Gasteiger partial charge on any atom is 0.342 e. The van der Waals surface area contributed by atoms with E-state index in [-0.39, 0.29) is 40.7 Å². The van der Waals surface area contributed by atoms with Gasteiger partial charge in [-0.2, -0.15) is 9.97 Å². The number of rotatable bonds is 9. The fourth-order valence-electron chi connectivity index (χ4n) is 2.22. The third-order valence-corrected chi connectivity index (χ3v) is 3.62. The molecule has 0 amide bonds. The number of carbonyl (C=O) groups is 1. The van der Waals surface area contributed by atoms with Crippen LogP contribution in [0.4, 0.5) is 0 Å². The molecule has 0 fully saturated rings. The molecule has 1 aromatic heterocycles. The summed E-state index contributed by atoms with van der Waals surface area (Å²) in [7, 11) is 4.15. The normalized spacial score (nSPS) is 10.9. The zero-order chi connectivity index (χ0) is 21.4. The second kappa shape index (κ2) is 10.3. The summed E-state index contributed by atoms with van der Waals surface area (Å²) in [5.74, 6) is -0.0205. The van der Waals surface area contributed by atoms with Crippen molar-refractivity contribution in [1.82, 2.24) is 9.97 Å². The molecule has 0 spiro atoms. The molecule has 0 aliphatic heterocycles. The smallest absolute Gasteiger partial charge is 0.342 e. The molecule has 0 aliphatic carbocycles. The molecule has 0 unspecified atom stereocenters. The lowest BCUT2D eigenvalue weighted by atomic mass is 10.0. The molecule has 1 aromatic carbocycles. The number of benzene rings is 1. The number of ether oxygens (including phenoxy) is 4. The summed E-state index contributed by atoms with van der Waals surface area (Å²) in [5.41, 5.74) is 0.956. The van der Waals surface area contributed by atoms with Crippen LogP contribution in [0, 0.1) is 0 Å². The first-order valence-electron chi connectivity index (χ1n) is 8.26. The van der Waals surface area contributed by atoms with Crippen molar-refractivity contribution in [2.75, 3.05) is 27.9 Å². The topological polar surface area (TPSA) is 101 Å². The van der Waals surface area contributed by atoms with Crippen molar-refractivity contribution < 1.29 is 28.6 Å². The van der Waals surface area contributed by atoms with E-state index in [4.69, 9.17) is 35.4 Å². The van der Waals surface area contributed by atoms with E-state index >= 15 is 0 Å². The van der Waals surface area contributed by atoms with Gasteiger partial charge in [-0.25, -0.2) is 4.79 Å². The molecule has 1 heterocycles. The molecule has 2 aromatic rings. The molecule has 0 saturated heterocycles. The summed E-state index contributed by atoms with van der Waals surface area (Å²) in [6, 6.07) is 6.33. The van der Waals surface area contributed by atoms with Crippen LogP contribution in [0.3, 0.4) is 0 Å². The maximum absolute atomic E-state index is 12.5. The van der Waals surface area contributed by atoms with Gasteiger partial charge in [0.2, 0.25) is 11.8 Å². The number of halogens is 1. The first-order chi connectivity index (χ1) is 13.9. The predicted molar refractivity (Wildman–Crippen MR) is 106 cm³/mol. The van der Waals surface area contributed by atoms with Crippen LogP contribution in [0.15, 0.2) is 41.0 Å². The Balaban J connectivity index is 2.47. The van der Waals surface area contributed by atoms with Crippen molar-refractivity contribution in [3.05, 3.63) is 47.0 Å². The standard InChI is InChI=1S/C19H20ClN3O6/c1-11(20)10-28-23-12(2)13-7-6-8-14(17(13)18(24)27-5)29-19-21-15(25-3)9-16(22-19)26-4/h6-9H,1,10H2,2-5H3/b23-12-. The highest BCUT2D eigenvalue weighted by molar-refractivity contribution is 6.29. The highest BCUT2D eigenvalue weighted by Gasteiger charge is 2.22. The number of esters is 1. The summed E-state index contributed by atoms with van der Waals surface area (Å²) in [4.78, 5) is 25.8. The number of carbonyl (C=O) groups excluding carboxylic acids is 1. The Morgan fingerprint density at radius 1 is 1.17 bits per heavy atom. The first-order valence-corrected chi connectivity index (χ1v) is 8.63. The minimum atomic E-state index is -0.637. The van der Waals surface area contributed by atoms with E-state index in [9.17, 15) is 4.79 Å². The van der Waals surface area contributed by atoms with E-state index in [2.05, 4.69) is 21.7 Å². The Morgan fingerprint density at radius 2 is 1.83 bits per heavy atom. The molecule has 0 bridgehead atoms. The molecule has 10 heteroatoms. The zero-order valence-electron chi connectivity index (χ0n) is 16.4. The Hall–Kier alpha value is -3.33. The van der Waals surface area contributed by atoms with Crippen LogP contribution in [-0.4, -0.2) is 49.6 Å². The van der Waals surface area contributed by atoms with Crippen LogP contribution in [0.1, 0.15) is 22.8 Å². The molecule has 2 rings (SSSR count). The molecule has 9 nitrogen and oxygen atoms in total. The van der Waals surface area contributed by atoms with Gasteiger partial charge in [-0.05, 0) is 13.0 Å². The van der Waals surface area contributed by atoms with Gasteiger partial charge in [-0.3, -0.25) is 0 Å². The van der Waals surface area contributed by atoms with Crippen molar-refractivity contribution >= 4 is 23.3 Å². The highest BCUT2D eigenvalue weighted by Crippen LogP contribution is 2.29. The third kappa shape index (κ3) is 5.82. The highest BCUT2D eigenvalue weighted by atomic mass is 35.5. The van der Waals surface area contributed by atoms with Gasteiger partial charge in [0, 0.05) is 5.56 Å². The van der Waals surface area contributed by atoms with Crippen LogP contribution >= 0.6 is 11.6 Å². The fraction of sp³-hybridized carbons (Fsp3) is 0.263. The quantitative estimate of drug-likeness (QED) is 0.344. The first kappa shape index (κ1) is 22.0. The van der Waals surface area contributed by atoms with Crippen LogP contribution in [0.25, 0.3) is 0 Å². The minimum absolute atomic E-state index is 0.0279. The van der Waals surface area contributed by atoms with E-state index in [1.54, 1.807) is 25.1 Å². The van der Waals surface area contributed by atoms with Crippen LogP contribution < -0.4 is 14.2 Å². The SMILES string of the molecule is C=C(Cl)CO/N=C(/C)c1cccc(Oc2nc(OC)cc(OC)n2)c1C(=O)OC. The van der Waals surface area contributed by atoms with Crippen molar-refractivity contribution in [2.45, 2.75) is 6.92 Å². The van der Waals surface area contributed by atoms with Crippen molar-refractivity contribution in [3.63, 3.8) is 0 Å². The monoisotopic (exact) mass is 421 g/mol. The van der Waals surface area contributed by atoms with Gasteiger partial charge in [0.05, 0.1) is 38.1 Å². The maximum atomic E-state index is 12.5. The molecule has 154 valence electrons. The Bertz CT molecular complexity index is 910. The van der Waals surface area contributed by atoms with Crippen molar-refractivity contribution in [3.8, 4) is 23.5 Å². The summed E-state index contributed by atoms with van der Waals surface area (Å²) < 4.78 is 20.8. The van der Waals surface area contributed by atoms with E-state index < -0.39 is 5.97 Å². The Kier molecular flexibility index (Phi) is 7.79.